The highest BCUT2D eigenvalue weighted by Gasteiger charge is 2.20. The van der Waals surface area contributed by atoms with E-state index in [4.69, 9.17) is 5.73 Å². The van der Waals surface area contributed by atoms with E-state index < -0.39 is 20.7 Å². The van der Waals surface area contributed by atoms with Crippen LogP contribution in [0.5, 0.6) is 0 Å². The maximum Gasteiger partial charge on any atom is 0.243 e. The Bertz CT molecular complexity index is 756. The fourth-order valence-electron chi connectivity index (χ4n) is 1.92. The van der Waals surface area contributed by atoms with E-state index in [1.165, 1.54) is 13.0 Å². The number of aromatic nitrogens is 2. The van der Waals surface area contributed by atoms with Crippen LogP contribution in [0.3, 0.4) is 0 Å². The molecule has 0 spiro atoms. The predicted molar refractivity (Wildman–Crippen MR) is 77.7 cm³/mol. The van der Waals surface area contributed by atoms with Crippen LogP contribution in [0.25, 0.3) is 0 Å². The second kappa shape index (κ2) is 5.82. The SMILES string of the molecule is Cc1cnn(CCNS(=O)(=O)c2cc(N)cc(C)c2F)c1. The van der Waals surface area contributed by atoms with Crippen LogP contribution in [0.15, 0.2) is 29.4 Å². The summed E-state index contributed by atoms with van der Waals surface area (Å²) < 4.78 is 42.1. The van der Waals surface area contributed by atoms with Crippen molar-refractivity contribution in [3.05, 3.63) is 41.5 Å². The minimum Gasteiger partial charge on any atom is -0.399 e. The van der Waals surface area contributed by atoms with Gasteiger partial charge in [0.25, 0.3) is 0 Å². The van der Waals surface area contributed by atoms with Gasteiger partial charge >= 0.3 is 0 Å². The Morgan fingerprint density at radius 2 is 2.10 bits per heavy atom. The normalized spacial score (nSPS) is 11.8. The molecule has 2 rings (SSSR count). The average Bonchev–Trinajstić information content (AvgIpc) is 2.79. The molecule has 0 aliphatic rings. The molecule has 0 fully saturated rings. The number of nitrogen functional groups attached to an aromatic ring is 1. The van der Waals surface area contributed by atoms with Crippen molar-refractivity contribution >= 4 is 15.7 Å². The van der Waals surface area contributed by atoms with Gasteiger partial charge in [0.15, 0.2) is 0 Å². The molecule has 0 radical (unpaired) electrons. The molecule has 21 heavy (non-hydrogen) atoms. The third kappa shape index (κ3) is 3.59. The van der Waals surface area contributed by atoms with Crippen molar-refractivity contribution < 1.29 is 12.8 Å². The van der Waals surface area contributed by atoms with Gasteiger partial charge in [-0.3, -0.25) is 4.68 Å². The van der Waals surface area contributed by atoms with Gasteiger partial charge in [-0.05, 0) is 37.1 Å². The minimum absolute atomic E-state index is 0.108. The van der Waals surface area contributed by atoms with E-state index in [9.17, 15) is 12.8 Å². The van der Waals surface area contributed by atoms with Crippen molar-refractivity contribution in [2.45, 2.75) is 25.3 Å². The molecule has 0 amide bonds. The molecule has 0 aliphatic carbocycles. The van der Waals surface area contributed by atoms with Crippen molar-refractivity contribution in [2.75, 3.05) is 12.3 Å². The molecule has 0 saturated heterocycles. The van der Waals surface area contributed by atoms with Crippen LogP contribution in [0.4, 0.5) is 10.1 Å². The van der Waals surface area contributed by atoms with Crippen LogP contribution in [-0.2, 0) is 16.6 Å². The molecule has 1 aromatic heterocycles. The smallest absolute Gasteiger partial charge is 0.243 e. The van der Waals surface area contributed by atoms with E-state index in [0.717, 1.165) is 11.6 Å². The standard InChI is InChI=1S/C13H17FN4O2S/c1-9-7-16-18(8-9)4-3-17-21(19,20)12-6-11(15)5-10(2)13(12)14/h5-8,17H,3-4,15H2,1-2H3. The summed E-state index contributed by atoms with van der Waals surface area (Å²) in [5.74, 6) is -0.786. The van der Waals surface area contributed by atoms with Gasteiger partial charge in [-0.25, -0.2) is 17.5 Å². The fraction of sp³-hybridized carbons (Fsp3) is 0.308. The summed E-state index contributed by atoms with van der Waals surface area (Å²) in [4.78, 5) is -0.434. The number of nitrogens with one attached hydrogen (secondary N) is 1. The van der Waals surface area contributed by atoms with Gasteiger partial charge in [-0.1, -0.05) is 0 Å². The molecule has 2 aromatic rings. The zero-order valence-corrected chi connectivity index (χ0v) is 12.6. The Kier molecular flexibility index (Phi) is 4.29. The monoisotopic (exact) mass is 312 g/mol. The first kappa shape index (κ1) is 15.5. The van der Waals surface area contributed by atoms with E-state index in [0.29, 0.717) is 6.54 Å². The molecule has 0 aliphatic heterocycles. The van der Waals surface area contributed by atoms with E-state index in [1.54, 1.807) is 17.1 Å². The van der Waals surface area contributed by atoms with Crippen molar-refractivity contribution in [3.63, 3.8) is 0 Å². The summed E-state index contributed by atoms with van der Waals surface area (Å²) in [6.07, 6.45) is 3.47. The molecule has 6 nitrogen and oxygen atoms in total. The summed E-state index contributed by atoms with van der Waals surface area (Å²) in [7, 11) is -3.95. The number of benzene rings is 1. The van der Waals surface area contributed by atoms with Crippen molar-refractivity contribution in [1.82, 2.24) is 14.5 Å². The molecular formula is C13H17FN4O2S. The number of sulfonamides is 1. The van der Waals surface area contributed by atoms with Gasteiger partial charge in [0, 0.05) is 18.4 Å². The number of anilines is 1. The first-order valence-corrected chi connectivity index (χ1v) is 7.82. The molecule has 0 saturated carbocycles. The molecule has 0 atom stereocenters. The Morgan fingerprint density at radius 3 is 2.71 bits per heavy atom. The highest BCUT2D eigenvalue weighted by molar-refractivity contribution is 7.89. The van der Waals surface area contributed by atoms with E-state index in [1.807, 2.05) is 6.92 Å². The number of halogens is 1. The van der Waals surface area contributed by atoms with Gasteiger partial charge in [0.2, 0.25) is 10.0 Å². The zero-order chi connectivity index (χ0) is 15.6. The number of nitrogens with zero attached hydrogens (tertiary/aromatic N) is 2. The molecule has 1 heterocycles. The third-order valence-electron chi connectivity index (χ3n) is 2.93. The van der Waals surface area contributed by atoms with E-state index in [-0.39, 0.29) is 17.8 Å². The Hall–Kier alpha value is -1.93. The van der Waals surface area contributed by atoms with Gasteiger partial charge < -0.3 is 5.73 Å². The average molecular weight is 312 g/mol. The van der Waals surface area contributed by atoms with Crippen LogP contribution in [0.1, 0.15) is 11.1 Å². The van der Waals surface area contributed by atoms with Crippen LogP contribution < -0.4 is 10.5 Å². The summed E-state index contributed by atoms with van der Waals surface area (Å²) >= 11 is 0. The Labute approximate surface area is 122 Å². The summed E-state index contributed by atoms with van der Waals surface area (Å²) in [5.41, 5.74) is 6.95. The lowest BCUT2D eigenvalue weighted by molar-refractivity contribution is 0.543. The van der Waals surface area contributed by atoms with Gasteiger partial charge in [0.05, 0.1) is 12.7 Å². The molecule has 114 valence electrons. The van der Waals surface area contributed by atoms with Crippen molar-refractivity contribution in [1.29, 1.82) is 0 Å². The topological polar surface area (TPSA) is 90.0 Å². The van der Waals surface area contributed by atoms with Gasteiger partial charge in [0.1, 0.15) is 10.7 Å². The van der Waals surface area contributed by atoms with E-state index >= 15 is 0 Å². The maximum absolute atomic E-state index is 13.9. The molecule has 1 aromatic carbocycles. The van der Waals surface area contributed by atoms with Crippen LogP contribution in [0, 0.1) is 19.7 Å². The van der Waals surface area contributed by atoms with Gasteiger partial charge in [-0.2, -0.15) is 5.10 Å². The first-order chi connectivity index (χ1) is 9.79. The highest BCUT2D eigenvalue weighted by Crippen LogP contribution is 2.21. The molecule has 3 N–H and O–H groups in total. The first-order valence-electron chi connectivity index (χ1n) is 6.34. The predicted octanol–water partition coefficient (Wildman–Crippen LogP) is 1.20. The maximum atomic E-state index is 13.9. The van der Waals surface area contributed by atoms with Crippen molar-refractivity contribution in [2.24, 2.45) is 0 Å². The minimum atomic E-state index is -3.95. The Morgan fingerprint density at radius 1 is 1.38 bits per heavy atom. The van der Waals surface area contributed by atoms with Gasteiger partial charge in [-0.15, -0.1) is 0 Å². The summed E-state index contributed by atoms with van der Waals surface area (Å²) in [6, 6.07) is 2.50. The quantitative estimate of drug-likeness (QED) is 0.812. The number of hydrogen-bond donors (Lipinski definition) is 2. The number of rotatable bonds is 5. The zero-order valence-electron chi connectivity index (χ0n) is 11.8. The van der Waals surface area contributed by atoms with E-state index in [2.05, 4.69) is 9.82 Å². The Balaban J connectivity index is 2.12. The summed E-state index contributed by atoms with van der Waals surface area (Å²) in [5, 5.41) is 4.04. The third-order valence-corrected chi connectivity index (χ3v) is 4.39. The largest absolute Gasteiger partial charge is 0.399 e. The lowest BCUT2D eigenvalue weighted by Crippen LogP contribution is -2.28. The second-order valence-corrected chi connectivity index (χ2v) is 6.56. The lowest BCUT2D eigenvalue weighted by Gasteiger charge is -2.10. The fourth-order valence-corrected chi connectivity index (χ4v) is 3.12. The molecular weight excluding hydrogens is 295 g/mol. The van der Waals surface area contributed by atoms with Crippen LogP contribution >= 0.6 is 0 Å². The summed E-state index contributed by atoms with van der Waals surface area (Å²) in [6.45, 7) is 3.82. The lowest BCUT2D eigenvalue weighted by atomic mass is 10.2. The number of hydrogen-bond acceptors (Lipinski definition) is 4. The highest BCUT2D eigenvalue weighted by atomic mass is 32.2. The molecule has 0 unspecified atom stereocenters. The van der Waals surface area contributed by atoms with Crippen molar-refractivity contribution in [3.8, 4) is 0 Å². The number of aryl methyl sites for hydroxylation is 2. The molecule has 0 bridgehead atoms. The number of nitrogens with two attached hydrogens (primary N) is 1. The molecule has 8 heteroatoms. The van der Waals surface area contributed by atoms with Crippen LogP contribution in [0.2, 0.25) is 0 Å². The second-order valence-electron chi connectivity index (χ2n) is 4.83. The van der Waals surface area contributed by atoms with Crippen LogP contribution in [-0.4, -0.2) is 24.7 Å².